The highest BCUT2D eigenvalue weighted by Crippen LogP contribution is 2.47. The zero-order chi connectivity index (χ0) is 85.9. The van der Waals surface area contributed by atoms with Crippen molar-refractivity contribution in [3.05, 3.63) is 244 Å². The Morgan fingerprint density at radius 2 is 0.967 bits per heavy atom. The zero-order valence-electron chi connectivity index (χ0n) is 64.3. The fourth-order valence-corrected chi connectivity index (χ4v) is 19.5. The van der Waals surface area contributed by atoms with Gasteiger partial charge in [0.05, 0.1) is 160 Å². The van der Waals surface area contributed by atoms with E-state index in [2.05, 4.69) is 160 Å². The van der Waals surface area contributed by atoms with Gasteiger partial charge in [-0.05, 0) is 213 Å². The minimum atomic E-state index is -0.583. The van der Waals surface area contributed by atoms with Gasteiger partial charge in [0.25, 0.3) is 11.2 Å². The number of nitro benzene ring substituents is 1. The highest BCUT2D eigenvalue weighted by molar-refractivity contribution is 9.11. The van der Waals surface area contributed by atoms with E-state index in [4.69, 9.17) is 118 Å². The maximum atomic E-state index is 13.8. The Morgan fingerprint density at radius 1 is 0.525 bits per heavy atom. The lowest BCUT2D eigenvalue weighted by Crippen LogP contribution is -2.46. The Labute approximate surface area is 780 Å². The molecular formula is C82H69Br5Cl8FN19O7. The van der Waals surface area contributed by atoms with Crippen LogP contribution in [0.5, 0.6) is 0 Å². The van der Waals surface area contributed by atoms with E-state index >= 15 is 0 Å². The summed E-state index contributed by atoms with van der Waals surface area (Å²) < 4.78 is 32.6. The van der Waals surface area contributed by atoms with E-state index in [-0.39, 0.29) is 21.3 Å². The summed E-state index contributed by atoms with van der Waals surface area (Å²) in [6.45, 7) is 7.65. The quantitative estimate of drug-likeness (QED) is 0.0260. The lowest BCUT2D eigenvalue weighted by Gasteiger charge is -2.39. The standard InChI is InChI=1S/C25H26ClFN6O.C20H23BrClN5O.C11H9BrClNO2.C10H4BrCl2N3.C10H5BrClN3O.C6H2BrCl2NO2/c26-20-10-15-11-21-22(24(15)32-23(20)16-9-17(27)13-28-12-16)25(30-14-29-21)31-18-1-3-19(4-2-18)33-5-7-34-8-6-33;21-19-15(22)9-12-10-16-17(18(12)26-19)20(24-11-23-16)25-13-1-3-14(4-2-13)27-5-7-28-8-6-27;1-16-11(15)10-6-4-7(12)8(13)2-5(6)3-9(10)14;11-9-5(12)1-4-2-6-7(8(4)16-9)10(13)15-3-14-6;11-9-5(12)1-4-2-6-7(8(4)15-9)10(16)14-3-13-6;7-3-1-5(9)6(10(11)12)2-4(3)8/h9-10,12-14,18-19H,1-8,11H2,(H,29,30,31);9,11,13-14H,1-8,10H2,(H,23,24,25);2,4H,3,14H2,1H3;1,3H,2H2;1,3H,2H2,(H,13,14,16);1-2H. The number of benzene rings is 2. The Kier molecular flexibility index (Phi) is 29.2. The lowest BCUT2D eigenvalue weighted by atomic mass is 9.90. The summed E-state index contributed by atoms with van der Waals surface area (Å²) in [6, 6.07) is 17.3. The predicted molar refractivity (Wildman–Crippen MR) is 487 cm³/mol. The van der Waals surface area contributed by atoms with Gasteiger partial charge in [0, 0.05) is 115 Å². The molecule has 4 fully saturated rings. The number of hydrogen-bond donors (Lipinski definition) is 4. The topological polar surface area (TPSA) is 332 Å². The average Bonchev–Trinajstić information content (AvgIpc) is 1.61. The van der Waals surface area contributed by atoms with Crippen molar-refractivity contribution in [2.75, 3.05) is 70.3 Å². The number of pyridine rings is 5. The molecule has 0 unspecified atom stereocenters. The molecule has 0 bridgehead atoms. The first-order valence-corrected chi connectivity index (χ1v) is 45.3. The molecule has 2 saturated carbocycles. The van der Waals surface area contributed by atoms with Crippen molar-refractivity contribution in [2.24, 2.45) is 5.73 Å². The van der Waals surface area contributed by atoms with Crippen molar-refractivity contribution < 1.29 is 28.3 Å². The van der Waals surface area contributed by atoms with Crippen LogP contribution in [-0.2, 0) is 51.1 Å². The number of aromatic amines is 1. The second-order valence-corrected chi connectivity index (χ2v) is 36.6. The molecule has 20 rings (SSSR count). The third kappa shape index (κ3) is 20.1. The fourth-order valence-electron chi connectivity index (χ4n) is 16.2. The Bertz CT molecular complexity index is 6010. The average molecular weight is 2130 g/mol. The third-order valence-corrected chi connectivity index (χ3v) is 28.6. The van der Waals surface area contributed by atoms with Gasteiger partial charge in [0.1, 0.15) is 60.4 Å². The van der Waals surface area contributed by atoms with E-state index in [1.54, 1.807) is 24.9 Å². The Balaban J connectivity index is 0.000000118. The third-order valence-electron chi connectivity index (χ3n) is 22.0. The monoisotopic (exact) mass is 2120 g/mol. The van der Waals surface area contributed by atoms with Crippen LogP contribution in [0, 0.1) is 15.9 Å². The summed E-state index contributed by atoms with van der Waals surface area (Å²) >= 11 is 64.3. The number of methoxy groups -OCH3 is 1. The highest BCUT2D eigenvalue weighted by atomic mass is 79.9. The minimum Gasteiger partial charge on any atom is -0.465 e. The molecule has 7 aliphatic carbocycles. The number of nitrogens with zero attached hydrogens (tertiary/aromatic N) is 15. The number of esters is 1. The maximum Gasteiger partial charge on any atom is 0.340 e. The van der Waals surface area contributed by atoms with Gasteiger partial charge in [0.15, 0.2) is 0 Å². The molecule has 2 aliphatic heterocycles. The van der Waals surface area contributed by atoms with E-state index in [1.807, 2.05) is 30.3 Å². The summed E-state index contributed by atoms with van der Waals surface area (Å²) in [5.41, 5.74) is 23.5. The number of nitro groups is 1. The summed E-state index contributed by atoms with van der Waals surface area (Å²) in [5, 5.41) is 21.3. The van der Waals surface area contributed by atoms with Crippen molar-refractivity contribution in [1.29, 1.82) is 0 Å². The van der Waals surface area contributed by atoms with Crippen LogP contribution in [0.4, 0.5) is 21.7 Å². The molecule has 0 atom stereocenters. The first-order valence-electron chi connectivity index (χ1n) is 38.3. The van der Waals surface area contributed by atoms with Crippen LogP contribution in [0.3, 0.4) is 0 Å². The number of fused-ring (bicyclic) bond motifs is 13. The number of hydrogen-bond acceptors (Lipinski definition) is 24. The number of carbonyl (C=O) groups excluding carboxylic acids is 1. The molecule has 40 heteroatoms. The van der Waals surface area contributed by atoms with Crippen LogP contribution in [0.15, 0.2) is 126 Å². The predicted octanol–water partition coefficient (Wildman–Crippen LogP) is 20.1. The van der Waals surface area contributed by atoms with Crippen LogP contribution >= 0.6 is 172 Å². The minimum absolute atomic E-state index is 0.0660. The molecule has 2 saturated heterocycles. The highest BCUT2D eigenvalue weighted by Gasteiger charge is 2.36. The van der Waals surface area contributed by atoms with Gasteiger partial charge in [-0.25, -0.2) is 64.0 Å². The van der Waals surface area contributed by atoms with E-state index < -0.39 is 16.7 Å². The number of aromatic nitrogens is 13. The number of rotatable bonds is 9. The van der Waals surface area contributed by atoms with Crippen LogP contribution in [0.25, 0.3) is 61.9 Å². The second-order valence-electron chi connectivity index (χ2n) is 29.4. The summed E-state index contributed by atoms with van der Waals surface area (Å²) in [6.07, 6.45) is 21.4. The molecule has 9 aromatic heterocycles. The maximum absolute atomic E-state index is 13.8. The smallest absolute Gasteiger partial charge is 0.340 e. The number of anilines is 2. The number of halogens is 14. The van der Waals surface area contributed by atoms with Crippen molar-refractivity contribution in [1.82, 2.24) is 74.6 Å². The molecule has 11 aromatic rings. The number of ether oxygens (including phenoxy) is 3. The largest absolute Gasteiger partial charge is 0.465 e. The normalized spacial score (nSPS) is 17.9. The molecule has 0 radical (unpaired) electrons. The van der Waals surface area contributed by atoms with Gasteiger partial charge in [-0.2, -0.15) is 0 Å². The Morgan fingerprint density at radius 3 is 1.47 bits per heavy atom. The molecule has 122 heavy (non-hydrogen) atoms. The van der Waals surface area contributed by atoms with E-state index in [9.17, 15) is 24.1 Å². The molecular weight excluding hydrogens is 2070 g/mol. The number of carbonyl (C=O) groups is 1. The molecule has 5 N–H and O–H groups in total. The first-order chi connectivity index (χ1) is 58.7. The Hall–Kier alpha value is -7.19. The first kappa shape index (κ1) is 89.6. The molecule has 0 amide bonds. The van der Waals surface area contributed by atoms with E-state index in [0.717, 1.165) is 191 Å². The molecule has 2 aromatic carbocycles. The number of allylic oxidation sites excluding steroid dienone is 1. The van der Waals surface area contributed by atoms with Gasteiger partial charge >= 0.3 is 5.97 Å². The van der Waals surface area contributed by atoms with Crippen molar-refractivity contribution in [2.45, 2.75) is 108 Å². The van der Waals surface area contributed by atoms with Gasteiger partial charge < -0.3 is 35.6 Å². The summed E-state index contributed by atoms with van der Waals surface area (Å²) in [4.78, 5) is 93.4. The molecule has 11 heterocycles. The van der Waals surface area contributed by atoms with Crippen LogP contribution < -0.4 is 21.9 Å². The van der Waals surface area contributed by atoms with Gasteiger partial charge in [-0.1, -0.05) is 92.8 Å². The van der Waals surface area contributed by atoms with Gasteiger partial charge in [0.2, 0.25) is 0 Å². The van der Waals surface area contributed by atoms with Gasteiger partial charge in [-0.15, -0.1) is 0 Å². The SMILES string of the molecule is COC(=O)C1=C(N)Cc2cc(Cl)c(Br)cc21.Clc1cc2c(nc1Br)-c1c(Cl)ncnc1C2.Clc1cc2c(nc1Br)-c1c(ncnc1NC1CCC(N3CCOCC3)CC1)C2.Fc1cncc(-c2nc3c(cc2Cl)Cc2ncnc(NC4CCC(N5CCOCC5)CC4)c2-3)c1.O=[N+]([O-])c1cc(Cl)c(Br)cc1Cl.O=c1[nH]cnc2c1-c1nc(Br)c(Cl)cc1C2. The number of nitrogens with two attached hydrogens (primary N) is 1. The van der Waals surface area contributed by atoms with Crippen LogP contribution in [-0.4, -0.2) is 169 Å². The number of nitrogens with one attached hydrogen (secondary N) is 3. The van der Waals surface area contributed by atoms with E-state index in [1.165, 1.54) is 69.8 Å². The van der Waals surface area contributed by atoms with Crippen molar-refractivity contribution in [3.63, 3.8) is 0 Å². The molecule has 26 nitrogen and oxygen atoms in total. The van der Waals surface area contributed by atoms with Crippen LogP contribution in [0.1, 0.15) is 108 Å². The number of H-pyrrole nitrogens is 1. The molecule has 9 aliphatic rings. The number of morpholine rings is 2. The lowest BCUT2D eigenvalue weighted by molar-refractivity contribution is -0.384. The van der Waals surface area contributed by atoms with Crippen molar-refractivity contribution >= 4 is 201 Å². The van der Waals surface area contributed by atoms with Gasteiger partial charge in [-0.3, -0.25) is 29.7 Å². The summed E-state index contributed by atoms with van der Waals surface area (Å²) in [5.74, 6) is 0.886. The fraction of sp³-hybridized carbons (Fsp3) is 0.317. The van der Waals surface area contributed by atoms with Crippen molar-refractivity contribution in [3.8, 4) is 56.3 Å². The molecule has 0 spiro atoms. The molecule has 632 valence electrons. The zero-order valence-corrected chi connectivity index (χ0v) is 78.2. The summed E-state index contributed by atoms with van der Waals surface area (Å²) in [7, 11) is 1.34. The van der Waals surface area contributed by atoms with E-state index in [0.29, 0.717) is 132 Å². The van der Waals surface area contributed by atoms with Crippen LogP contribution in [0.2, 0.25) is 40.3 Å². The second kappa shape index (κ2) is 39.8.